The number of hydrogen-bond donors (Lipinski definition) is 1. The second kappa shape index (κ2) is 6.95. The zero-order valence-electron chi connectivity index (χ0n) is 12.9. The smallest absolute Gasteiger partial charge is 0.254 e. The van der Waals surface area contributed by atoms with Crippen LogP contribution in [0.2, 0.25) is 0 Å². The minimum Gasteiger partial charge on any atom is -0.371 e. The summed E-state index contributed by atoms with van der Waals surface area (Å²) in [5.74, 6) is -5.10. The van der Waals surface area contributed by atoms with Crippen LogP contribution in [0.4, 0.5) is 18.9 Å². The summed E-state index contributed by atoms with van der Waals surface area (Å²) in [6.45, 7) is 1.52. The summed E-state index contributed by atoms with van der Waals surface area (Å²) in [7, 11) is 0. The second-order valence-electron chi connectivity index (χ2n) is 5.79. The molecule has 0 spiro atoms. The Balaban J connectivity index is 1.60. The van der Waals surface area contributed by atoms with Gasteiger partial charge in [-0.1, -0.05) is 18.2 Å². The van der Waals surface area contributed by atoms with E-state index in [2.05, 4.69) is 10.2 Å². The van der Waals surface area contributed by atoms with Crippen LogP contribution < -0.4 is 10.2 Å². The van der Waals surface area contributed by atoms with Crippen molar-refractivity contribution >= 4 is 11.6 Å². The minimum atomic E-state index is -1.62. The number of anilines is 1. The summed E-state index contributed by atoms with van der Waals surface area (Å²) < 4.78 is 39.8. The lowest BCUT2D eigenvalue weighted by molar-refractivity contribution is 0.0925. The van der Waals surface area contributed by atoms with Crippen LogP contribution in [0, 0.1) is 17.5 Å². The molecule has 0 aromatic heterocycles. The van der Waals surface area contributed by atoms with Gasteiger partial charge in [-0.05, 0) is 37.1 Å². The van der Waals surface area contributed by atoms with E-state index < -0.39 is 28.9 Å². The van der Waals surface area contributed by atoms with Crippen molar-refractivity contribution in [2.24, 2.45) is 0 Å². The number of hydrogen-bond acceptors (Lipinski definition) is 2. The molecule has 0 saturated carbocycles. The summed E-state index contributed by atoms with van der Waals surface area (Å²) in [5.41, 5.74) is 0.647. The minimum absolute atomic E-state index is 0.120. The predicted octanol–water partition coefficient (Wildman–Crippen LogP) is 3.50. The molecule has 1 fully saturated rings. The zero-order chi connectivity index (χ0) is 17.1. The first-order valence-corrected chi connectivity index (χ1v) is 7.80. The summed E-state index contributed by atoms with van der Waals surface area (Å²) in [4.78, 5) is 14.3. The van der Waals surface area contributed by atoms with Crippen molar-refractivity contribution < 1.29 is 18.0 Å². The average molecular weight is 334 g/mol. The van der Waals surface area contributed by atoms with Gasteiger partial charge >= 0.3 is 0 Å². The SMILES string of the molecule is O=C(NC1CCN(c2ccccc2)CC1)c1ccc(F)c(F)c1F. The molecular formula is C18H17F3N2O. The van der Waals surface area contributed by atoms with Gasteiger partial charge in [0.1, 0.15) is 0 Å². The largest absolute Gasteiger partial charge is 0.371 e. The Morgan fingerprint density at radius 3 is 2.29 bits per heavy atom. The number of halogens is 3. The number of amides is 1. The first-order chi connectivity index (χ1) is 11.6. The molecule has 0 aliphatic carbocycles. The Bertz CT molecular complexity index is 729. The van der Waals surface area contributed by atoms with E-state index in [1.807, 2.05) is 30.3 Å². The molecule has 6 heteroatoms. The summed E-state index contributed by atoms with van der Waals surface area (Å²) in [6, 6.07) is 11.5. The molecule has 3 rings (SSSR count). The molecule has 0 atom stereocenters. The lowest BCUT2D eigenvalue weighted by atomic mass is 10.0. The first kappa shape index (κ1) is 16.4. The normalized spacial score (nSPS) is 15.4. The molecule has 0 radical (unpaired) electrons. The third-order valence-electron chi connectivity index (χ3n) is 4.23. The number of para-hydroxylation sites is 1. The van der Waals surface area contributed by atoms with Gasteiger partial charge in [0.15, 0.2) is 17.5 Å². The molecule has 3 nitrogen and oxygen atoms in total. The van der Waals surface area contributed by atoms with Crippen LogP contribution in [0.5, 0.6) is 0 Å². The molecule has 1 saturated heterocycles. The van der Waals surface area contributed by atoms with Crippen LogP contribution in [0.25, 0.3) is 0 Å². The van der Waals surface area contributed by atoms with Gasteiger partial charge in [-0.3, -0.25) is 4.79 Å². The molecule has 126 valence electrons. The quantitative estimate of drug-likeness (QED) is 0.872. The van der Waals surface area contributed by atoms with Crippen molar-refractivity contribution in [3.63, 3.8) is 0 Å². The van der Waals surface area contributed by atoms with Gasteiger partial charge in [0.2, 0.25) is 0 Å². The van der Waals surface area contributed by atoms with Crippen LogP contribution in [0.15, 0.2) is 42.5 Å². The van der Waals surface area contributed by atoms with Gasteiger partial charge in [0.25, 0.3) is 5.91 Å². The Hall–Kier alpha value is -2.50. The number of nitrogens with one attached hydrogen (secondary N) is 1. The molecule has 1 N–H and O–H groups in total. The highest BCUT2D eigenvalue weighted by Gasteiger charge is 2.24. The van der Waals surface area contributed by atoms with Crippen molar-refractivity contribution in [3.05, 3.63) is 65.5 Å². The van der Waals surface area contributed by atoms with Crippen molar-refractivity contribution in [2.45, 2.75) is 18.9 Å². The van der Waals surface area contributed by atoms with Crippen LogP contribution in [-0.2, 0) is 0 Å². The Kier molecular flexibility index (Phi) is 4.74. The molecule has 1 amide bonds. The fourth-order valence-electron chi connectivity index (χ4n) is 2.89. The van der Waals surface area contributed by atoms with E-state index in [0.29, 0.717) is 12.8 Å². The summed E-state index contributed by atoms with van der Waals surface area (Å²) in [6.07, 6.45) is 1.40. The first-order valence-electron chi connectivity index (χ1n) is 7.80. The van der Waals surface area contributed by atoms with Gasteiger partial charge in [-0.2, -0.15) is 0 Å². The standard InChI is InChI=1S/C18H17F3N2O/c19-15-7-6-14(16(20)17(15)21)18(24)22-12-8-10-23(11-9-12)13-4-2-1-3-5-13/h1-7,12H,8-11H2,(H,22,24). The molecule has 0 unspecified atom stereocenters. The maximum Gasteiger partial charge on any atom is 0.254 e. The average Bonchev–Trinajstić information content (AvgIpc) is 2.61. The van der Waals surface area contributed by atoms with E-state index in [1.54, 1.807) is 0 Å². The molecule has 0 bridgehead atoms. The molecule has 1 aliphatic heterocycles. The highest BCUT2D eigenvalue weighted by Crippen LogP contribution is 2.20. The van der Waals surface area contributed by atoms with E-state index in [9.17, 15) is 18.0 Å². The van der Waals surface area contributed by atoms with E-state index >= 15 is 0 Å². The molecule has 2 aromatic rings. The molecular weight excluding hydrogens is 317 g/mol. The summed E-state index contributed by atoms with van der Waals surface area (Å²) >= 11 is 0. The Morgan fingerprint density at radius 2 is 1.62 bits per heavy atom. The number of carbonyl (C=O) groups is 1. The topological polar surface area (TPSA) is 32.3 Å². The third-order valence-corrected chi connectivity index (χ3v) is 4.23. The highest BCUT2D eigenvalue weighted by atomic mass is 19.2. The van der Waals surface area contributed by atoms with Gasteiger partial charge in [0.05, 0.1) is 5.56 Å². The van der Waals surface area contributed by atoms with Crippen molar-refractivity contribution in [1.29, 1.82) is 0 Å². The van der Waals surface area contributed by atoms with Crippen LogP contribution in [-0.4, -0.2) is 25.0 Å². The van der Waals surface area contributed by atoms with E-state index in [1.165, 1.54) is 0 Å². The van der Waals surface area contributed by atoms with Gasteiger partial charge in [0, 0.05) is 24.8 Å². The van der Waals surface area contributed by atoms with Gasteiger partial charge in [-0.15, -0.1) is 0 Å². The second-order valence-corrected chi connectivity index (χ2v) is 5.79. The fourth-order valence-corrected chi connectivity index (χ4v) is 2.89. The van der Waals surface area contributed by atoms with E-state index in [4.69, 9.17) is 0 Å². The maximum atomic E-state index is 13.7. The molecule has 24 heavy (non-hydrogen) atoms. The summed E-state index contributed by atoms with van der Waals surface area (Å²) in [5, 5.41) is 2.70. The maximum absolute atomic E-state index is 13.7. The lowest BCUT2D eigenvalue weighted by Crippen LogP contribution is -2.45. The molecule has 2 aromatic carbocycles. The Morgan fingerprint density at radius 1 is 0.958 bits per heavy atom. The van der Waals surface area contributed by atoms with Gasteiger partial charge in [-0.25, -0.2) is 13.2 Å². The van der Waals surface area contributed by atoms with Crippen molar-refractivity contribution in [1.82, 2.24) is 5.32 Å². The molecule has 1 heterocycles. The highest BCUT2D eigenvalue weighted by molar-refractivity contribution is 5.94. The predicted molar refractivity (Wildman–Crippen MR) is 85.5 cm³/mol. The number of benzene rings is 2. The van der Waals surface area contributed by atoms with E-state index in [0.717, 1.165) is 30.9 Å². The lowest BCUT2D eigenvalue weighted by Gasteiger charge is -2.34. The number of nitrogens with zero attached hydrogens (tertiary/aromatic N) is 1. The third kappa shape index (κ3) is 3.37. The molecule has 1 aliphatic rings. The van der Waals surface area contributed by atoms with E-state index in [-0.39, 0.29) is 6.04 Å². The fraction of sp³-hybridized carbons (Fsp3) is 0.278. The van der Waals surface area contributed by atoms with Crippen molar-refractivity contribution in [3.8, 4) is 0 Å². The van der Waals surface area contributed by atoms with Crippen LogP contribution in [0.1, 0.15) is 23.2 Å². The van der Waals surface area contributed by atoms with Crippen LogP contribution in [0.3, 0.4) is 0 Å². The zero-order valence-corrected chi connectivity index (χ0v) is 12.9. The number of piperidine rings is 1. The monoisotopic (exact) mass is 334 g/mol. The number of rotatable bonds is 3. The van der Waals surface area contributed by atoms with Gasteiger partial charge < -0.3 is 10.2 Å². The Labute approximate surface area is 138 Å². The van der Waals surface area contributed by atoms with Crippen molar-refractivity contribution in [2.75, 3.05) is 18.0 Å². The van der Waals surface area contributed by atoms with Crippen LogP contribution >= 0.6 is 0 Å². The number of carbonyl (C=O) groups excluding carboxylic acids is 1.